The maximum atomic E-state index is 6.06. The Hall–Kier alpha value is -1.48. The van der Waals surface area contributed by atoms with Crippen molar-refractivity contribution in [1.29, 1.82) is 0 Å². The van der Waals surface area contributed by atoms with Gasteiger partial charge in [-0.3, -0.25) is 0 Å². The summed E-state index contributed by atoms with van der Waals surface area (Å²) in [7, 11) is 1.96. The molecule has 0 saturated heterocycles. The van der Waals surface area contributed by atoms with Crippen LogP contribution in [-0.2, 0) is 6.54 Å². The number of fused-ring (bicyclic) bond motifs is 1. The van der Waals surface area contributed by atoms with Crippen molar-refractivity contribution in [2.75, 3.05) is 12.8 Å². The van der Waals surface area contributed by atoms with Crippen LogP contribution in [0.1, 0.15) is 25.5 Å². The molecule has 2 aromatic rings. The fourth-order valence-corrected chi connectivity index (χ4v) is 2.15. The predicted molar refractivity (Wildman–Crippen MR) is 69.5 cm³/mol. The van der Waals surface area contributed by atoms with E-state index >= 15 is 0 Å². The zero-order chi connectivity index (χ0) is 11.7. The van der Waals surface area contributed by atoms with Crippen LogP contribution in [0.15, 0.2) is 24.4 Å². The van der Waals surface area contributed by atoms with Gasteiger partial charge in [-0.15, -0.1) is 0 Å². The Labute approximate surface area is 96.2 Å². The first kappa shape index (κ1) is 11.0. The lowest BCUT2D eigenvalue weighted by Gasteiger charge is -2.10. The first-order valence-electron chi connectivity index (χ1n) is 5.67. The second kappa shape index (κ2) is 4.18. The topological polar surface area (TPSA) is 43.0 Å². The summed E-state index contributed by atoms with van der Waals surface area (Å²) in [5.74, 6) is 0. The van der Waals surface area contributed by atoms with E-state index in [2.05, 4.69) is 36.0 Å². The molecule has 0 bridgehead atoms. The maximum absolute atomic E-state index is 6.06. The van der Waals surface area contributed by atoms with Crippen LogP contribution < -0.4 is 11.1 Å². The van der Waals surface area contributed by atoms with E-state index in [0.717, 1.165) is 17.7 Å². The molecule has 0 atom stereocenters. The SMILES string of the molecule is CNCc1cn(C(C)C)c2c(N)cccc12. The molecule has 0 saturated carbocycles. The summed E-state index contributed by atoms with van der Waals surface area (Å²) in [6, 6.07) is 6.54. The van der Waals surface area contributed by atoms with Crippen LogP contribution in [0.4, 0.5) is 5.69 Å². The Morgan fingerprint density at radius 2 is 2.12 bits per heavy atom. The van der Waals surface area contributed by atoms with Crippen LogP contribution in [0.5, 0.6) is 0 Å². The van der Waals surface area contributed by atoms with Gasteiger partial charge >= 0.3 is 0 Å². The zero-order valence-electron chi connectivity index (χ0n) is 10.1. The number of benzene rings is 1. The van der Waals surface area contributed by atoms with Gasteiger partial charge in [0.1, 0.15) is 0 Å². The van der Waals surface area contributed by atoms with Crippen LogP contribution in [0.2, 0.25) is 0 Å². The minimum atomic E-state index is 0.429. The Bertz CT molecular complexity index is 497. The van der Waals surface area contributed by atoms with Gasteiger partial charge < -0.3 is 15.6 Å². The molecule has 86 valence electrons. The van der Waals surface area contributed by atoms with E-state index in [1.807, 2.05) is 19.2 Å². The Balaban J connectivity index is 2.71. The van der Waals surface area contributed by atoms with E-state index < -0.39 is 0 Å². The number of nitrogen functional groups attached to an aromatic ring is 1. The van der Waals surface area contributed by atoms with Gasteiger partial charge in [-0.05, 0) is 32.5 Å². The summed E-state index contributed by atoms with van der Waals surface area (Å²) in [5, 5.41) is 4.45. The number of hydrogen-bond donors (Lipinski definition) is 2. The van der Waals surface area contributed by atoms with E-state index in [1.165, 1.54) is 10.9 Å². The second-order valence-electron chi connectivity index (χ2n) is 4.43. The highest BCUT2D eigenvalue weighted by Crippen LogP contribution is 2.28. The molecule has 1 heterocycles. The van der Waals surface area contributed by atoms with Gasteiger partial charge in [0, 0.05) is 24.2 Å². The molecule has 16 heavy (non-hydrogen) atoms. The molecule has 0 radical (unpaired) electrons. The van der Waals surface area contributed by atoms with Gasteiger partial charge in [0.05, 0.1) is 11.2 Å². The lowest BCUT2D eigenvalue weighted by Crippen LogP contribution is -2.04. The van der Waals surface area contributed by atoms with Crippen molar-refractivity contribution in [2.24, 2.45) is 0 Å². The summed E-state index contributed by atoms with van der Waals surface area (Å²) in [6.07, 6.45) is 2.20. The van der Waals surface area contributed by atoms with E-state index in [9.17, 15) is 0 Å². The van der Waals surface area contributed by atoms with Crippen LogP contribution in [0, 0.1) is 0 Å². The quantitative estimate of drug-likeness (QED) is 0.776. The third-order valence-electron chi connectivity index (χ3n) is 2.89. The van der Waals surface area contributed by atoms with Crippen molar-refractivity contribution in [2.45, 2.75) is 26.4 Å². The minimum absolute atomic E-state index is 0.429. The molecule has 0 aliphatic rings. The molecular formula is C13H19N3. The number of nitrogens with zero attached hydrogens (tertiary/aromatic N) is 1. The minimum Gasteiger partial charge on any atom is -0.397 e. The largest absolute Gasteiger partial charge is 0.397 e. The normalized spacial score (nSPS) is 11.5. The molecule has 1 aromatic carbocycles. The van der Waals surface area contributed by atoms with E-state index in [1.54, 1.807) is 0 Å². The number of nitrogens with two attached hydrogens (primary N) is 1. The van der Waals surface area contributed by atoms with Crippen LogP contribution in [0.25, 0.3) is 10.9 Å². The first-order chi connectivity index (χ1) is 7.65. The highest BCUT2D eigenvalue weighted by atomic mass is 15.0. The summed E-state index contributed by atoms with van der Waals surface area (Å²) >= 11 is 0. The molecule has 3 heteroatoms. The van der Waals surface area contributed by atoms with Gasteiger partial charge in [0.2, 0.25) is 0 Å². The van der Waals surface area contributed by atoms with Crippen molar-refractivity contribution in [1.82, 2.24) is 9.88 Å². The molecule has 0 aliphatic carbocycles. The lowest BCUT2D eigenvalue weighted by atomic mass is 10.1. The molecule has 0 unspecified atom stereocenters. The molecule has 2 rings (SSSR count). The highest BCUT2D eigenvalue weighted by Gasteiger charge is 2.11. The van der Waals surface area contributed by atoms with E-state index in [0.29, 0.717) is 6.04 Å². The van der Waals surface area contributed by atoms with Crippen molar-refractivity contribution < 1.29 is 0 Å². The number of para-hydroxylation sites is 1. The molecule has 0 spiro atoms. The van der Waals surface area contributed by atoms with Crippen molar-refractivity contribution >= 4 is 16.6 Å². The third-order valence-corrected chi connectivity index (χ3v) is 2.89. The van der Waals surface area contributed by atoms with Crippen molar-refractivity contribution in [3.63, 3.8) is 0 Å². The van der Waals surface area contributed by atoms with Gasteiger partial charge in [0.25, 0.3) is 0 Å². The van der Waals surface area contributed by atoms with Crippen LogP contribution >= 0.6 is 0 Å². The van der Waals surface area contributed by atoms with Gasteiger partial charge in [0.15, 0.2) is 0 Å². The van der Waals surface area contributed by atoms with Gasteiger partial charge in [-0.25, -0.2) is 0 Å². The summed E-state index contributed by atoms with van der Waals surface area (Å²) in [5.41, 5.74) is 9.38. The Kier molecular flexibility index (Phi) is 2.88. The fourth-order valence-electron chi connectivity index (χ4n) is 2.15. The second-order valence-corrected chi connectivity index (χ2v) is 4.43. The summed E-state index contributed by atoms with van der Waals surface area (Å²) in [6.45, 7) is 5.23. The standard InChI is InChI=1S/C13H19N3/c1-9(2)16-8-10(7-15-3)11-5-4-6-12(14)13(11)16/h4-6,8-9,15H,7,14H2,1-3H3. The molecule has 0 amide bonds. The van der Waals surface area contributed by atoms with Crippen molar-refractivity contribution in [3.8, 4) is 0 Å². The zero-order valence-corrected chi connectivity index (χ0v) is 10.1. The Morgan fingerprint density at radius 1 is 1.38 bits per heavy atom. The Morgan fingerprint density at radius 3 is 2.75 bits per heavy atom. The molecule has 0 fully saturated rings. The molecule has 3 nitrogen and oxygen atoms in total. The monoisotopic (exact) mass is 217 g/mol. The molecule has 1 aromatic heterocycles. The predicted octanol–water partition coefficient (Wildman–Crippen LogP) is 2.52. The number of rotatable bonds is 3. The van der Waals surface area contributed by atoms with E-state index in [-0.39, 0.29) is 0 Å². The first-order valence-corrected chi connectivity index (χ1v) is 5.67. The van der Waals surface area contributed by atoms with E-state index in [4.69, 9.17) is 5.73 Å². The number of nitrogens with one attached hydrogen (secondary N) is 1. The van der Waals surface area contributed by atoms with Crippen LogP contribution in [0.3, 0.4) is 0 Å². The molecule has 3 N–H and O–H groups in total. The summed E-state index contributed by atoms with van der Waals surface area (Å²) < 4.78 is 2.25. The average Bonchev–Trinajstić information content (AvgIpc) is 2.60. The average molecular weight is 217 g/mol. The van der Waals surface area contributed by atoms with Crippen molar-refractivity contribution in [3.05, 3.63) is 30.0 Å². The number of anilines is 1. The molecule has 0 aliphatic heterocycles. The number of aromatic nitrogens is 1. The molecular weight excluding hydrogens is 198 g/mol. The summed E-state index contributed by atoms with van der Waals surface area (Å²) in [4.78, 5) is 0. The lowest BCUT2D eigenvalue weighted by molar-refractivity contribution is 0.620. The highest BCUT2D eigenvalue weighted by molar-refractivity contribution is 5.93. The maximum Gasteiger partial charge on any atom is 0.0719 e. The fraction of sp³-hybridized carbons (Fsp3) is 0.385. The number of hydrogen-bond acceptors (Lipinski definition) is 2. The van der Waals surface area contributed by atoms with Gasteiger partial charge in [-0.2, -0.15) is 0 Å². The van der Waals surface area contributed by atoms with Gasteiger partial charge in [-0.1, -0.05) is 12.1 Å². The van der Waals surface area contributed by atoms with Crippen LogP contribution in [-0.4, -0.2) is 11.6 Å². The smallest absolute Gasteiger partial charge is 0.0719 e. The third kappa shape index (κ3) is 1.67.